The van der Waals surface area contributed by atoms with Gasteiger partial charge in [-0.3, -0.25) is 0 Å². The molecule has 0 saturated heterocycles. The van der Waals surface area contributed by atoms with Crippen molar-refractivity contribution in [2.24, 2.45) is 0 Å². The summed E-state index contributed by atoms with van der Waals surface area (Å²) >= 11 is 0. The van der Waals surface area contributed by atoms with Gasteiger partial charge in [-0.2, -0.15) is 4.39 Å². The summed E-state index contributed by atoms with van der Waals surface area (Å²) in [5, 5.41) is 0. The first-order valence-corrected chi connectivity index (χ1v) is 6.12. The zero-order chi connectivity index (χ0) is 12.4. The first-order valence-electron chi connectivity index (χ1n) is 6.12. The van der Waals surface area contributed by atoms with E-state index in [9.17, 15) is 4.39 Å². The maximum Gasteiger partial charge on any atom is 0.218 e. The third kappa shape index (κ3) is 2.18. The minimum Gasteiger partial charge on any atom is -0.356 e. The summed E-state index contributed by atoms with van der Waals surface area (Å²) in [6.07, 6.45) is 3.23. The van der Waals surface area contributed by atoms with E-state index in [1.54, 1.807) is 0 Å². The van der Waals surface area contributed by atoms with Crippen LogP contribution in [0.3, 0.4) is 0 Å². The van der Waals surface area contributed by atoms with Crippen molar-refractivity contribution in [2.45, 2.75) is 12.8 Å². The zero-order valence-electron chi connectivity index (χ0n) is 10.0. The van der Waals surface area contributed by atoms with Crippen LogP contribution in [0.4, 0.5) is 10.2 Å². The normalized spacial score (nSPS) is 15.1. The smallest absolute Gasteiger partial charge is 0.218 e. The molecule has 1 aromatic carbocycles. The molecule has 18 heavy (non-hydrogen) atoms. The SMILES string of the molecule is Fc1cc(N2CCc3ccccc3CC2)ncn1. The Labute approximate surface area is 105 Å². The molecule has 1 aliphatic rings. The van der Waals surface area contributed by atoms with Crippen molar-refractivity contribution in [1.29, 1.82) is 0 Å². The lowest BCUT2D eigenvalue weighted by Crippen LogP contribution is -2.27. The number of halogens is 1. The van der Waals surface area contributed by atoms with Crippen LogP contribution in [-0.4, -0.2) is 23.1 Å². The highest BCUT2D eigenvalue weighted by atomic mass is 19.1. The number of hydrogen-bond donors (Lipinski definition) is 0. The summed E-state index contributed by atoms with van der Waals surface area (Å²) < 4.78 is 13.1. The molecule has 92 valence electrons. The maximum atomic E-state index is 13.1. The van der Waals surface area contributed by atoms with Gasteiger partial charge in [0.25, 0.3) is 0 Å². The van der Waals surface area contributed by atoms with Gasteiger partial charge in [0, 0.05) is 19.2 Å². The van der Waals surface area contributed by atoms with Gasteiger partial charge in [0.2, 0.25) is 5.95 Å². The Morgan fingerprint density at radius 1 is 1.00 bits per heavy atom. The summed E-state index contributed by atoms with van der Waals surface area (Å²) in [5.74, 6) is 0.206. The number of rotatable bonds is 1. The number of benzene rings is 1. The standard InChI is InChI=1S/C14H14FN3/c15-13-9-14(17-10-16-13)18-7-5-11-3-1-2-4-12(11)6-8-18/h1-4,9-10H,5-8H2. The molecule has 0 N–H and O–H groups in total. The molecular formula is C14H14FN3. The Balaban J connectivity index is 1.83. The van der Waals surface area contributed by atoms with Gasteiger partial charge in [-0.05, 0) is 24.0 Å². The molecule has 0 amide bonds. The summed E-state index contributed by atoms with van der Waals surface area (Å²) in [7, 11) is 0. The molecule has 4 heteroatoms. The Morgan fingerprint density at radius 3 is 2.28 bits per heavy atom. The number of hydrogen-bond acceptors (Lipinski definition) is 3. The predicted octanol–water partition coefficient (Wildman–Crippen LogP) is 2.22. The second-order valence-electron chi connectivity index (χ2n) is 4.45. The fourth-order valence-corrected chi connectivity index (χ4v) is 2.39. The lowest BCUT2D eigenvalue weighted by molar-refractivity contribution is 0.577. The lowest BCUT2D eigenvalue weighted by Gasteiger charge is -2.20. The van der Waals surface area contributed by atoms with Crippen LogP contribution in [0, 0.1) is 5.95 Å². The van der Waals surface area contributed by atoms with Crippen molar-refractivity contribution in [2.75, 3.05) is 18.0 Å². The maximum absolute atomic E-state index is 13.1. The second-order valence-corrected chi connectivity index (χ2v) is 4.45. The van der Waals surface area contributed by atoms with E-state index in [1.165, 1.54) is 23.5 Å². The molecule has 1 aliphatic heterocycles. The van der Waals surface area contributed by atoms with Crippen LogP contribution < -0.4 is 4.90 Å². The first kappa shape index (κ1) is 11.1. The molecule has 3 rings (SSSR count). The van der Waals surface area contributed by atoms with Gasteiger partial charge >= 0.3 is 0 Å². The minimum atomic E-state index is -0.471. The van der Waals surface area contributed by atoms with Crippen molar-refractivity contribution in [3.8, 4) is 0 Å². The average molecular weight is 243 g/mol. The Hall–Kier alpha value is -1.97. The van der Waals surface area contributed by atoms with Gasteiger partial charge in [0.05, 0.1) is 0 Å². The van der Waals surface area contributed by atoms with Crippen LogP contribution in [-0.2, 0) is 12.8 Å². The summed E-state index contributed by atoms with van der Waals surface area (Å²) in [5.41, 5.74) is 2.77. The number of fused-ring (bicyclic) bond motifs is 1. The van der Waals surface area contributed by atoms with Crippen molar-refractivity contribution < 1.29 is 4.39 Å². The molecule has 3 nitrogen and oxygen atoms in total. The molecule has 2 aromatic rings. The first-order chi connectivity index (χ1) is 8.83. The van der Waals surface area contributed by atoms with Crippen molar-refractivity contribution >= 4 is 5.82 Å². The summed E-state index contributed by atoms with van der Waals surface area (Å²) in [6, 6.07) is 9.87. The van der Waals surface area contributed by atoms with Gasteiger partial charge in [-0.15, -0.1) is 0 Å². The molecular weight excluding hydrogens is 229 g/mol. The van der Waals surface area contributed by atoms with Crippen molar-refractivity contribution in [1.82, 2.24) is 9.97 Å². The van der Waals surface area contributed by atoms with Gasteiger partial charge < -0.3 is 4.90 Å². The summed E-state index contributed by atoms with van der Waals surface area (Å²) in [6.45, 7) is 1.74. The van der Waals surface area contributed by atoms with E-state index in [2.05, 4.69) is 39.1 Å². The van der Waals surface area contributed by atoms with E-state index in [4.69, 9.17) is 0 Å². The predicted molar refractivity (Wildman–Crippen MR) is 68.1 cm³/mol. The van der Waals surface area contributed by atoms with Crippen LogP contribution >= 0.6 is 0 Å². The van der Waals surface area contributed by atoms with E-state index < -0.39 is 5.95 Å². The quantitative estimate of drug-likeness (QED) is 0.719. The molecule has 0 unspecified atom stereocenters. The highest BCUT2D eigenvalue weighted by Crippen LogP contribution is 2.19. The van der Waals surface area contributed by atoms with Crippen LogP contribution in [0.1, 0.15) is 11.1 Å². The molecule has 0 saturated carbocycles. The molecule has 0 radical (unpaired) electrons. The Morgan fingerprint density at radius 2 is 1.67 bits per heavy atom. The highest BCUT2D eigenvalue weighted by Gasteiger charge is 2.15. The third-order valence-electron chi connectivity index (χ3n) is 3.36. The van der Waals surface area contributed by atoms with Crippen molar-refractivity contribution in [3.05, 3.63) is 53.7 Å². The Bertz CT molecular complexity index is 529. The lowest BCUT2D eigenvalue weighted by atomic mass is 10.0. The van der Waals surface area contributed by atoms with E-state index in [1.807, 2.05) is 0 Å². The number of aromatic nitrogens is 2. The molecule has 0 spiro atoms. The molecule has 0 bridgehead atoms. The van der Waals surface area contributed by atoms with E-state index in [0.29, 0.717) is 5.82 Å². The highest BCUT2D eigenvalue weighted by molar-refractivity contribution is 5.40. The zero-order valence-corrected chi connectivity index (χ0v) is 10.0. The van der Waals surface area contributed by atoms with Crippen molar-refractivity contribution in [3.63, 3.8) is 0 Å². The number of nitrogens with zero attached hydrogens (tertiary/aromatic N) is 3. The van der Waals surface area contributed by atoms with Crippen LogP contribution in [0.2, 0.25) is 0 Å². The van der Waals surface area contributed by atoms with Gasteiger partial charge in [0.1, 0.15) is 12.1 Å². The molecule has 1 aromatic heterocycles. The summed E-state index contributed by atoms with van der Waals surface area (Å²) in [4.78, 5) is 9.75. The largest absolute Gasteiger partial charge is 0.356 e. The van der Waals surface area contributed by atoms with E-state index >= 15 is 0 Å². The fourth-order valence-electron chi connectivity index (χ4n) is 2.39. The topological polar surface area (TPSA) is 29.0 Å². The van der Waals surface area contributed by atoms with E-state index in [0.717, 1.165) is 25.9 Å². The van der Waals surface area contributed by atoms with E-state index in [-0.39, 0.29) is 0 Å². The van der Waals surface area contributed by atoms with Crippen LogP contribution in [0.5, 0.6) is 0 Å². The second kappa shape index (κ2) is 4.72. The van der Waals surface area contributed by atoms with Gasteiger partial charge in [-0.25, -0.2) is 9.97 Å². The monoisotopic (exact) mass is 243 g/mol. The van der Waals surface area contributed by atoms with Crippen LogP contribution in [0.25, 0.3) is 0 Å². The van der Waals surface area contributed by atoms with Gasteiger partial charge in [0.15, 0.2) is 0 Å². The molecule has 0 fully saturated rings. The average Bonchev–Trinajstić information content (AvgIpc) is 2.61. The minimum absolute atomic E-state index is 0.471. The fraction of sp³-hybridized carbons (Fsp3) is 0.286. The molecule has 2 heterocycles. The van der Waals surface area contributed by atoms with Gasteiger partial charge in [-0.1, -0.05) is 24.3 Å². The van der Waals surface area contributed by atoms with Crippen LogP contribution in [0.15, 0.2) is 36.7 Å². The molecule has 0 aliphatic carbocycles. The molecule has 0 atom stereocenters. The Kier molecular flexibility index (Phi) is 2.92. The number of anilines is 1. The third-order valence-corrected chi connectivity index (χ3v) is 3.36.